The maximum Gasteiger partial charge on any atom is 0.255 e. The highest BCUT2D eigenvalue weighted by Crippen LogP contribution is 2.13. The summed E-state index contributed by atoms with van der Waals surface area (Å²) < 4.78 is 0. The zero-order valence-corrected chi connectivity index (χ0v) is 12.5. The van der Waals surface area contributed by atoms with Crippen molar-refractivity contribution in [2.45, 2.75) is 6.04 Å². The molecule has 0 aliphatic heterocycles. The van der Waals surface area contributed by atoms with Crippen LogP contribution in [0.1, 0.15) is 22.0 Å². The summed E-state index contributed by atoms with van der Waals surface area (Å²) in [6.45, 7) is 0.222. The summed E-state index contributed by atoms with van der Waals surface area (Å²) in [6, 6.07) is 9.97. The number of amides is 2. The molecule has 0 radical (unpaired) electrons. The van der Waals surface area contributed by atoms with Crippen molar-refractivity contribution in [1.82, 2.24) is 10.3 Å². The molecule has 0 bridgehead atoms. The molecule has 7 nitrogen and oxygen atoms in total. The summed E-state index contributed by atoms with van der Waals surface area (Å²) in [4.78, 5) is 27.1. The summed E-state index contributed by atoms with van der Waals surface area (Å²) in [6.07, 6.45) is 3.21. The molecule has 23 heavy (non-hydrogen) atoms. The Bertz CT molecular complexity index is 658. The molecule has 2 aromatic rings. The van der Waals surface area contributed by atoms with E-state index in [1.807, 2.05) is 0 Å². The molecule has 1 aromatic heterocycles. The van der Waals surface area contributed by atoms with Gasteiger partial charge in [0.2, 0.25) is 5.91 Å². The fourth-order valence-electron chi connectivity index (χ4n) is 1.93. The lowest BCUT2D eigenvalue weighted by Gasteiger charge is -2.13. The van der Waals surface area contributed by atoms with Gasteiger partial charge in [-0.15, -0.1) is 0 Å². The summed E-state index contributed by atoms with van der Waals surface area (Å²) >= 11 is 0. The van der Waals surface area contributed by atoms with Gasteiger partial charge in [-0.25, -0.2) is 0 Å². The minimum Gasteiger partial charge on any atom is -0.353 e. The topological polar surface area (TPSA) is 123 Å². The number of benzene rings is 1. The van der Waals surface area contributed by atoms with Crippen molar-refractivity contribution in [3.8, 4) is 0 Å². The molecule has 1 aromatic carbocycles. The predicted octanol–water partition coefficient (Wildman–Crippen LogP) is 0.409. The zero-order valence-electron chi connectivity index (χ0n) is 12.5. The summed E-state index contributed by atoms with van der Waals surface area (Å²) in [5.41, 5.74) is 13.2. The second kappa shape index (κ2) is 8.02. The Hall–Kier alpha value is -2.77. The number of carbonyl (C=O) groups excluding carboxylic acids is 2. The molecule has 1 heterocycles. The van der Waals surface area contributed by atoms with Gasteiger partial charge in [-0.3, -0.25) is 14.6 Å². The number of nitrogens with two attached hydrogens (primary N) is 2. The van der Waals surface area contributed by atoms with E-state index >= 15 is 0 Å². The minimum absolute atomic E-state index is 0.0686. The van der Waals surface area contributed by atoms with Gasteiger partial charge in [-0.05, 0) is 29.8 Å². The first-order valence-electron chi connectivity index (χ1n) is 7.14. The highest BCUT2D eigenvalue weighted by molar-refractivity contribution is 6.04. The Kier molecular flexibility index (Phi) is 5.79. The SMILES string of the molecule is NCC(=O)NCC(N)c1ccc(C(=O)Nc2ccncc2)cc1. The summed E-state index contributed by atoms with van der Waals surface area (Å²) in [7, 11) is 0. The molecule has 0 saturated heterocycles. The Balaban J connectivity index is 1.96. The third-order valence-corrected chi connectivity index (χ3v) is 3.24. The van der Waals surface area contributed by atoms with E-state index in [-0.39, 0.29) is 24.4 Å². The van der Waals surface area contributed by atoms with Crippen LogP contribution in [-0.2, 0) is 4.79 Å². The molecule has 6 N–H and O–H groups in total. The van der Waals surface area contributed by atoms with Crippen LogP contribution in [0.25, 0.3) is 0 Å². The van der Waals surface area contributed by atoms with Crippen molar-refractivity contribution in [1.29, 1.82) is 0 Å². The monoisotopic (exact) mass is 313 g/mol. The lowest BCUT2D eigenvalue weighted by molar-refractivity contribution is -0.119. The highest BCUT2D eigenvalue weighted by Gasteiger charge is 2.10. The Morgan fingerprint density at radius 3 is 2.35 bits per heavy atom. The quantitative estimate of drug-likeness (QED) is 0.615. The van der Waals surface area contributed by atoms with Gasteiger partial charge in [0, 0.05) is 36.2 Å². The molecule has 120 valence electrons. The summed E-state index contributed by atoms with van der Waals surface area (Å²) in [5, 5.41) is 5.40. The van der Waals surface area contributed by atoms with Crippen molar-refractivity contribution in [3.05, 3.63) is 59.9 Å². The number of carbonyl (C=O) groups is 2. The van der Waals surface area contributed by atoms with E-state index in [2.05, 4.69) is 15.6 Å². The van der Waals surface area contributed by atoms with E-state index in [9.17, 15) is 9.59 Å². The fourth-order valence-corrected chi connectivity index (χ4v) is 1.93. The van der Waals surface area contributed by atoms with Crippen LogP contribution in [0.5, 0.6) is 0 Å². The lowest BCUT2D eigenvalue weighted by Crippen LogP contribution is -2.35. The first-order valence-corrected chi connectivity index (χ1v) is 7.14. The van der Waals surface area contributed by atoms with Gasteiger partial charge in [0.15, 0.2) is 0 Å². The van der Waals surface area contributed by atoms with Crippen molar-refractivity contribution >= 4 is 17.5 Å². The van der Waals surface area contributed by atoms with Gasteiger partial charge in [0.25, 0.3) is 5.91 Å². The normalized spacial score (nSPS) is 11.6. The number of hydrogen-bond donors (Lipinski definition) is 4. The largest absolute Gasteiger partial charge is 0.353 e. The average Bonchev–Trinajstić information content (AvgIpc) is 2.60. The van der Waals surface area contributed by atoms with E-state index in [0.29, 0.717) is 17.8 Å². The van der Waals surface area contributed by atoms with Crippen LogP contribution in [0.4, 0.5) is 5.69 Å². The number of hydrogen-bond acceptors (Lipinski definition) is 5. The molecule has 1 atom stereocenters. The molecule has 0 aliphatic carbocycles. The minimum atomic E-state index is -0.359. The second-order valence-corrected chi connectivity index (χ2v) is 4.93. The van der Waals surface area contributed by atoms with Gasteiger partial charge < -0.3 is 22.1 Å². The Labute approximate surface area is 134 Å². The molecular weight excluding hydrogens is 294 g/mol. The molecule has 0 saturated carbocycles. The maximum atomic E-state index is 12.1. The van der Waals surface area contributed by atoms with Crippen LogP contribution in [0.15, 0.2) is 48.8 Å². The number of pyridine rings is 1. The van der Waals surface area contributed by atoms with E-state index in [1.165, 1.54) is 0 Å². The first-order chi connectivity index (χ1) is 11.1. The maximum absolute atomic E-state index is 12.1. The van der Waals surface area contributed by atoms with Crippen LogP contribution >= 0.6 is 0 Å². The smallest absolute Gasteiger partial charge is 0.255 e. The number of rotatable bonds is 6. The summed E-state index contributed by atoms with van der Waals surface area (Å²) in [5.74, 6) is -0.471. The average molecular weight is 313 g/mol. The highest BCUT2D eigenvalue weighted by atomic mass is 16.2. The van der Waals surface area contributed by atoms with Crippen molar-refractivity contribution in [2.75, 3.05) is 18.4 Å². The van der Waals surface area contributed by atoms with Crippen LogP contribution in [0.3, 0.4) is 0 Å². The zero-order chi connectivity index (χ0) is 16.7. The predicted molar refractivity (Wildman–Crippen MR) is 87.6 cm³/mol. The Morgan fingerprint density at radius 2 is 1.74 bits per heavy atom. The molecule has 1 unspecified atom stereocenters. The van der Waals surface area contributed by atoms with Gasteiger partial charge in [-0.2, -0.15) is 0 Å². The van der Waals surface area contributed by atoms with Crippen LogP contribution < -0.4 is 22.1 Å². The van der Waals surface area contributed by atoms with Gasteiger partial charge in [0.05, 0.1) is 6.54 Å². The van der Waals surface area contributed by atoms with E-state index in [4.69, 9.17) is 11.5 Å². The molecular formula is C16H19N5O2. The van der Waals surface area contributed by atoms with Gasteiger partial charge >= 0.3 is 0 Å². The number of anilines is 1. The van der Waals surface area contributed by atoms with Gasteiger partial charge in [0.1, 0.15) is 0 Å². The van der Waals surface area contributed by atoms with E-state index in [0.717, 1.165) is 5.56 Å². The molecule has 0 aliphatic rings. The van der Waals surface area contributed by atoms with Crippen LogP contribution in [-0.4, -0.2) is 29.9 Å². The lowest BCUT2D eigenvalue weighted by atomic mass is 10.0. The third kappa shape index (κ3) is 4.87. The van der Waals surface area contributed by atoms with E-state index < -0.39 is 0 Å². The second-order valence-electron chi connectivity index (χ2n) is 4.93. The van der Waals surface area contributed by atoms with Gasteiger partial charge in [-0.1, -0.05) is 12.1 Å². The van der Waals surface area contributed by atoms with Crippen LogP contribution in [0, 0.1) is 0 Å². The molecule has 2 rings (SSSR count). The number of nitrogens with one attached hydrogen (secondary N) is 2. The van der Waals surface area contributed by atoms with Crippen molar-refractivity contribution in [2.24, 2.45) is 11.5 Å². The first kappa shape index (κ1) is 16.6. The number of aromatic nitrogens is 1. The standard InChI is InChI=1S/C16H19N5O2/c17-9-15(22)20-10-14(18)11-1-3-12(4-2-11)16(23)21-13-5-7-19-8-6-13/h1-8,14H,9-10,17-18H2,(H,20,22)(H,19,21,23). The molecule has 0 spiro atoms. The van der Waals surface area contributed by atoms with Crippen molar-refractivity contribution in [3.63, 3.8) is 0 Å². The van der Waals surface area contributed by atoms with Crippen LogP contribution in [0.2, 0.25) is 0 Å². The molecule has 7 heteroatoms. The Morgan fingerprint density at radius 1 is 1.09 bits per heavy atom. The number of nitrogens with zero attached hydrogens (tertiary/aromatic N) is 1. The van der Waals surface area contributed by atoms with Crippen molar-refractivity contribution < 1.29 is 9.59 Å². The molecule has 2 amide bonds. The molecule has 0 fully saturated rings. The third-order valence-electron chi connectivity index (χ3n) is 3.24. The van der Waals surface area contributed by atoms with E-state index in [1.54, 1.807) is 48.8 Å². The fraction of sp³-hybridized carbons (Fsp3) is 0.188.